The van der Waals surface area contributed by atoms with Gasteiger partial charge in [0.05, 0.1) is 12.7 Å². The highest BCUT2D eigenvalue weighted by molar-refractivity contribution is 5.95. The van der Waals surface area contributed by atoms with Crippen molar-refractivity contribution in [1.82, 2.24) is 0 Å². The summed E-state index contributed by atoms with van der Waals surface area (Å²) in [5.74, 6) is -0.566. The van der Waals surface area contributed by atoms with Crippen LogP contribution in [0, 0.1) is 0 Å². The van der Waals surface area contributed by atoms with Crippen LogP contribution in [0.4, 0.5) is 0 Å². The van der Waals surface area contributed by atoms with Crippen LogP contribution < -0.4 is 0 Å². The lowest BCUT2D eigenvalue weighted by atomic mass is 10.1. The summed E-state index contributed by atoms with van der Waals surface area (Å²) in [6.07, 6.45) is 0. The summed E-state index contributed by atoms with van der Waals surface area (Å²) in [5, 5.41) is 9.67. The molecule has 1 rings (SSSR count). The fourth-order valence-corrected chi connectivity index (χ4v) is 1.06. The lowest BCUT2D eigenvalue weighted by Gasteiger charge is -2.04. The van der Waals surface area contributed by atoms with E-state index in [9.17, 15) is 9.90 Å². The molecular formula is C11H12O3. The molecule has 14 heavy (non-hydrogen) atoms. The van der Waals surface area contributed by atoms with E-state index in [0.29, 0.717) is 5.56 Å². The number of carbonyl (C=O) groups is 1. The molecule has 0 radical (unpaired) electrons. The third-order valence-electron chi connectivity index (χ3n) is 1.89. The predicted molar refractivity (Wildman–Crippen MR) is 53.7 cm³/mol. The van der Waals surface area contributed by atoms with Gasteiger partial charge in [0.25, 0.3) is 0 Å². The Morgan fingerprint density at radius 3 is 2.36 bits per heavy atom. The number of aliphatic hydroxyl groups excluding tert-OH is 1. The van der Waals surface area contributed by atoms with E-state index in [4.69, 9.17) is 0 Å². The zero-order valence-corrected chi connectivity index (χ0v) is 8.15. The molecule has 1 aromatic carbocycles. The zero-order chi connectivity index (χ0) is 10.6. The summed E-state index contributed by atoms with van der Waals surface area (Å²) in [4.78, 5) is 11.1. The number of hydrogen-bond acceptors (Lipinski definition) is 3. The van der Waals surface area contributed by atoms with Crippen LogP contribution in [0.5, 0.6) is 0 Å². The van der Waals surface area contributed by atoms with Crippen molar-refractivity contribution in [2.24, 2.45) is 0 Å². The van der Waals surface area contributed by atoms with E-state index in [2.05, 4.69) is 4.74 Å². The largest absolute Gasteiger partial charge is 0.507 e. The molecule has 0 aliphatic carbocycles. The molecule has 0 heterocycles. The van der Waals surface area contributed by atoms with Crippen LogP contribution in [0.2, 0.25) is 0 Å². The van der Waals surface area contributed by atoms with Gasteiger partial charge in [-0.05, 0) is 6.92 Å². The van der Waals surface area contributed by atoms with Crippen molar-refractivity contribution < 1.29 is 14.6 Å². The van der Waals surface area contributed by atoms with E-state index in [-0.39, 0.29) is 11.3 Å². The van der Waals surface area contributed by atoms with E-state index in [1.807, 2.05) is 6.07 Å². The maximum Gasteiger partial charge on any atom is 0.337 e. The van der Waals surface area contributed by atoms with Crippen LogP contribution in [-0.2, 0) is 9.53 Å². The number of hydrogen-bond donors (Lipinski definition) is 1. The molecule has 0 aliphatic heterocycles. The maximum absolute atomic E-state index is 11.1. The normalized spacial score (nSPS) is 11.9. The zero-order valence-electron chi connectivity index (χ0n) is 8.15. The average Bonchev–Trinajstić information content (AvgIpc) is 2.27. The minimum atomic E-state index is -0.522. The van der Waals surface area contributed by atoms with Gasteiger partial charge in [0.1, 0.15) is 5.76 Å². The fraction of sp³-hybridized carbons (Fsp3) is 0.182. The van der Waals surface area contributed by atoms with Gasteiger partial charge >= 0.3 is 5.97 Å². The third-order valence-corrected chi connectivity index (χ3v) is 1.89. The van der Waals surface area contributed by atoms with Crippen molar-refractivity contribution >= 4 is 11.7 Å². The highest BCUT2D eigenvalue weighted by atomic mass is 16.5. The SMILES string of the molecule is COC(=O)C(C)=C(O)c1ccccc1. The molecule has 0 bridgehead atoms. The van der Waals surface area contributed by atoms with Gasteiger partial charge in [-0.15, -0.1) is 0 Å². The van der Waals surface area contributed by atoms with E-state index in [1.54, 1.807) is 24.3 Å². The van der Waals surface area contributed by atoms with E-state index in [0.717, 1.165) is 0 Å². The number of benzene rings is 1. The Morgan fingerprint density at radius 1 is 1.29 bits per heavy atom. The highest BCUT2D eigenvalue weighted by Gasteiger charge is 2.11. The van der Waals surface area contributed by atoms with E-state index in [1.165, 1.54) is 14.0 Å². The van der Waals surface area contributed by atoms with Gasteiger partial charge in [0.2, 0.25) is 0 Å². The summed E-state index contributed by atoms with van der Waals surface area (Å²) < 4.78 is 4.50. The Balaban J connectivity index is 3.05. The summed E-state index contributed by atoms with van der Waals surface area (Å²) in [6.45, 7) is 1.52. The molecule has 1 aromatic rings. The molecule has 3 nitrogen and oxygen atoms in total. The number of ether oxygens (including phenoxy) is 1. The van der Waals surface area contributed by atoms with Crippen molar-refractivity contribution in [2.45, 2.75) is 6.92 Å². The van der Waals surface area contributed by atoms with E-state index < -0.39 is 5.97 Å². The Morgan fingerprint density at radius 2 is 1.86 bits per heavy atom. The van der Waals surface area contributed by atoms with Crippen LogP contribution in [0.15, 0.2) is 35.9 Å². The second kappa shape index (κ2) is 4.46. The number of carbonyl (C=O) groups excluding carboxylic acids is 1. The lowest BCUT2D eigenvalue weighted by molar-refractivity contribution is -0.136. The van der Waals surface area contributed by atoms with Crippen LogP contribution in [0.25, 0.3) is 5.76 Å². The number of rotatable bonds is 2. The van der Waals surface area contributed by atoms with Gasteiger partial charge in [-0.1, -0.05) is 30.3 Å². The van der Waals surface area contributed by atoms with Crippen molar-refractivity contribution in [2.75, 3.05) is 7.11 Å². The predicted octanol–water partition coefficient (Wildman–Crippen LogP) is 2.15. The maximum atomic E-state index is 11.1. The molecule has 1 N–H and O–H groups in total. The molecule has 0 saturated heterocycles. The summed E-state index contributed by atoms with van der Waals surface area (Å²) in [6, 6.07) is 8.86. The molecule has 74 valence electrons. The first-order chi connectivity index (χ1) is 6.66. The molecule has 0 spiro atoms. The third kappa shape index (κ3) is 2.13. The van der Waals surface area contributed by atoms with Crippen molar-refractivity contribution in [3.63, 3.8) is 0 Å². The molecule has 0 fully saturated rings. The molecule has 0 aliphatic rings. The molecule has 0 saturated carbocycles. The second-order valence-corrected chi connectivity index (χ2v) is 2.83. The number of esters is 1. The minimum Gasteiger partial charge on any atom is -0.507 e. The lowest BCUT2D eigenvalue weighted by Crippen LogP contribution is -2.04. The van der Waals surface area contributed by atoms with Gasteiger partial charge < -0.3 is 9.84 Å². The highest BCUT2D eigenvalue weighted by Crippen LogP contribution is 2.15. The fourth-order valence-electron chi connectivity index (χ4n) is 1.06. The average molecular weight is 192 g/mol. The van der Waals surface area contributed by atoms with E-state index >= 15 is 0 Å². The Hall–Kier alpha value is -1.77. The summed E-state index contributed by atoms with van der Waals surface area (Å²) in [5.41, 5.74) is 0.814. The van der Waals surface area contributed by atoms with Gasteiger partial charge in [-0.25, -0.2) is 4.79 Å². The van der Waals surface area contributed by atoms with Crippen molar-refractivity contribution in [1.29, 1.82) is 0 Å². The topological polar surface area (TPSA) is 46.5 Å². The number of aliphatic hydroxyl groups is 1. The number of methoxy groups -OCH3 is 1. The standard InChI is InChI=1S/C11H12O3/c1-8(11(13)14-2)10(12)9-6-4-3-5-7-9/h3-7,12H,1-2H3. The first kappa shape index (κ1) is 10.3. The first-order valence-electron chi connectivity index (χ1n) is 4.20. The van der Waals surface area contributed by atoms with Crippen molar-refractivity contribution in [3.8, 4) is 0 Å². The molecule has 0 unspecified atom stereocenters. The summed E-state index contributed by atoms with van der Waals surface area (Å²) in [7, 11) is 1.28. The van der Waals surface area contributed by atoms with Crippen LogP contribution in [0.1, 0.15) is 12.5 Å². The smallest absolute Gasteiger partial charge is 0.337 e. The van der Waals surface area contributed by atoms with Crippen LogP contribution in [0.3, 0.4) is 0 Å². The quantitative estimate of drug-likeness (QED) is 0.443. The van der Waals surface area contributed by atoms with Crippen molar-refractivity contribution in [3.05, 3.63) is 41.5 Å². The Labute approximate surface area is 82.6 Å². The molecule has 0 amide bonds. The Bertz CT molecular complexity index is 352. The monoisotopic (exact) mass is 192 g/mol. The first-order valence-corrected chi connectivity index (χ1v) is 4.20. The van der Waals surface area contributed by atoms with Crippen LogP contribution in [-0.4, -0.2) is 18.2 Å². The second-order valence-electron chi connectivity index (χ2n) is 2.83. The van der Waals surface area contributed by atoms with Crippen LogP contribution >= 0.6 is 0 Å². The Kier molecular flexibility index (Phi) is 3.29. The minimum absolute atomic E-state index is 0.0440. The van der Waals surface area contributed by atoms with Gasteiger partial charge in [0, 0.05) is 5.56 Å². The summed E-state index contributed by atoms with van der Waals surface area (Å²) >= 11 is 0. The molecule has 0 atom stereocenters. The van der Waals surface area contributed by atoms with Gasteiger partial charge in [-0.2, -0.15) is 0 Å². The van der Waals surface area contributed by atoms with Gasteiger partial charge in [0.15, 0.2) is 0 Å². The molecule has 3 heteroatoms. The molecule has 0 aromatic heterocycles. The van der Waals surface area contributed by atoms with Gasteiger partial charge in [-0.3, -0.25) is 0 Å². The molecular weight excluding hydrogens is 180 g/mol.